The van der Waals surface area contributed by atoms with Crippen LogP contribution >= 0.6 is 11.3 Å². The van der Waals surface area contributed by atoms with Crippen molar-refractivity contribution in [3.05, 3.63) is 21.9 Å². The Labute approximate surface area is 143 Å². The smallest absolute Gasteiger partial charge is 0.314 e. The van der Waals surface area contributed by atoms with Gasteiger partial charge in [-0.25, -0.2) is 4.79 Å². The summed E-state index contributed by atoms with van der Waals surface area (Å²) in [5.74, 6) is 0.149. The van der Waals surface area contributed by atoms with E-state index in [-0.39, 0.29) is 18.5 Å². The minimum absolute atomic E-state index is 0.149. The van der Waals surface area contributed by atoms with Crippen LogP contribution in [0.15, 0.2) is 11.4 Å². The first kappa shape index (κ1) is 18.2. The van der Waals surface area contributed by atoms with Crippen molar-refractivity contribution in [3.63, 3.8) is 0 Å². The van der Waals surface area contributed by atoms with E-state index in [0.717, 1.165) is 32.5 Å². The van der Waals surface area contributed by atoms with Crippen LogP contribution in [0.5, 0.6) is 0 Å². The van der Waals surface area contributed by atoms with Gasteiger partial charge in [0.2, 0.25) is 0 Å². The second-order valence-electron chi connectivity index (χ2n) is 6.67. The maximum atomic E-state index is 11.8. The number of nitrogens with zero attached hydrogens (tertiary/aromatic N) is 1. The maximum absolute atomic E-state index is 11.8. The number of hydrogen-bond donors (Lipinski definition) is 3. The normalized spacial score (nSPS) is 18.8. The Kier molecular flexibility index (Phi) is 6.44. The molecule has 3 N–H and O–H groups in total. The monoisotopic (exact) mass is 339 g/mol. The molecule has 1 aliphatic heterocycles. The summed E-state index contributed by atoms with van der Waals surface area (Å²) in [7, 11) is 0. The molecule has 2 heterocycles. The molecule has 0 spiro atoms. The van der Waals surface area contributed by atoms with Crippen LogP contribution in [0.2, 0.25) is 0 Å². The van der Waals surface area contributed by atoms with Crippen LogP contribution in [0.1, 0.15) is 37.6 Å². The van der Waals surface area contributed by atoms with Gasteiger partial charge in [0.25, 0.3) is 0 Å². The van der Waals surface area contributed by atoms with E-state index < -0.39 is 5.60 Å². The van der Waals surface area contributed by atoms with Gasteiger partial charge in [-0.2, -0.15) is 0 Å². The molecule has 130 valence electrons. The number of hydrogen-bond acceptors (Lipinski definition) is 4. The van der Waals surface area contributed by atoms with E-state index in [4.69, 9.17) is 0 Å². The fourth-order valence-electron chi connectivity index (χ4n) is 2.76. The molecule has 5 nitrogen and oxygen atoms in total. The molecule has 0 radical (unpaired) electrons. The molecule has 1 aromatic rings. The van der Waals surface area contributed by atoms with Crippen molar-refractivity contribution in [3.8, 4) is 0 Å². The number of urea groups is 1. The first-order valence-electron chi connectivity index (χ1n) is 8.44. The summed E-state index contributed by atoms with van der Waals surface area (Å²) in [6.07, 6.45) is 1.99. The topological polar surface area (TPSA) is 64.6 Å². The predicted molar refractivity (Wildman–Crippen MR) is 94.8 cm³/mol. The molecule has 0 saturated heterocycles. The van der Waals surface area contributed by atoms with Crippen molar-refractivity contribution in [1.29, 1.82) is 0 Å². The molecule has 0 saturated carbocycles. The molecule has 2 unspecified atom stereocenters. The van der Waals surface area contributed by atoms with Gasteiger partial charge in [-0.3, -0.25) is 4.90 Å². The highest BCUT2D eigenvalue weighted by atomic mass is 32.1. The highest BCUT2D eigenvalue weighted by molar-refractivity contribution is 7.10. The van der Waals surface area contributed by atoms with E-state index in [9.17, 15) is 9.90 Å². The van der Waals surface area contributed by atoms with Gasteiger partial charge >= 0.3 is 6.03 Å². The van der Waals surface area contributed by atoms with Crippen molar-refractivity contribution in [2.75, 3.05) is 26.2 Å². The number of carbonyl (C=O) groups is 1. The summed E-state index contributed by atoms with van der Waals surface area (Å²) in [6, 6.07) is 1.99. The molecule has 0 aliphatic carbocycles. The van der Waals surface area contributed by atoms with E-state index >= 15 is 0 Å². The standard InChI is InChI=1S/C17H29N3O2S/c1-4-13(2)17(3,22)12-19-16(21)18-7-9-20-8-5-15-14(11-20)6-10-23-15/h6,10,13,22H,4-5,7-9,11-12H2,1-3H3,(H2,18,19,21). The van der Waals surface area contributed by atoms with Gasteiger partial charge in [-0.1, -0.05) is 20.3 Å². The Hall–Kier alpha value is -1.11. The molecule has 2 amide bonds. The number of carbonyl (C=O) groups excluding carboxylic acids is 1. The van der Waals surface area contributed by atoms with Crippen molar-refractivity contribution >= 4 is 17.4 Å². The Balaban J connectivity index is 1.64. The summed E-state index contributed by atoms with van der Waals surface area (Å²) >= 11 is 1.84. The molecular weight excluding hydrogens is 310 g/mol. The lowest BCUT2D eigenvalue weighted by molar-refractivity contribution is 0.00790. The van der Waals surface area contributed by atoms with Crippen LogP contribution < -0.4 is 10.6 Å². The molecule has 2 rings (SSSR count). The second kappa shape index (κ2) is 8.13. The summed E-state index contributed by atoms with van der Waals surface area (Å²) in [5, 5.41) is 18.1. The second-order valence-corrected chi connectivity index (χ2v) is 7.67. The third kappa shape index (κ3) is 5.19. The summed E-state index contributed by atoms with van der Waals surface area (Å²) in [6.45, 7) is 9.58. The zero-order chi connectivity index (χ0) is 16.9. The highest BCUT2D eigenvalue weighted by Gasteiger charge is 2.27. The number of nitrogens with one attached hydrogen (secondary N) is 2. The lowest BCUT2D eigenvalue weighted by Gasteiger charge is -2.30. The number of amides is 2. The van der Waals surface area contributed by atoms with Gasteiger partial charge in [0.05, 0.1) is 5.60 Å². The number of rotatable bonds is 7. The van der Waals surface area contributed by atoms with E-state index in [1.165, 1.54) is 10.4 Å². The Bertz CT molecular complexity index is 516. The Morgan fingerprint density at radius 1 is 1.52 bits per heavy atom. The summed E-state index contributed by atoms with van der Waals surface area (Å²) < 4.78 is 0. The van der Waals surface area contributed by atoms with Crippen molar-refractivity contribution < 1.29 is 9.90 Å². The van der Waals surface area contributed by atoms with E-state index in [1.54, 1.807) is 6.92 Å². The first-order chi connectivity index (χ1) is 10.9. The SMILES string of the molecule is CCC(C)C(C)(O)CNC(=O)NCCN1CCc2sccc2C1. The van der Waals surface area contributed by atoms with Crippen LogP contribution in [0.25, 0.3) is 0 Å². The molecule has 0 fully saturated rings. The Morgan fingerprint density at radius 3 is 3.04 bits per heavy atom. The van der Waals surface area contributed by atoms with Gasteiger partial charge in [-0.05, 0) is 36.3 Å². The quantitative estimate of drug-likeness (QED) is 0.713. The number of fused-ring (bicyclic) bond motifs is 1. The van der Waals surface area contributed by atoms with Gasteiger partial charge < -0.3 is 15.7 Å². The van der Waals surface area contributed by atoms with E-state index in [2.05, 4.69) is 27.0 Å². The van der Waals surface area contributed by atoms with E-state index in [1.807, 2.05) is 25.2 Å². The fourth-order valence-corrected chi connectivity index (χ4v) is 3.65. The van der Waals surface area contributed by atoms with Crippen molar-refractivity contribution in [1.82, 2.24) is 15.5 Å². The maximum Gasteiger partial charge on any atom is 0.314 e. The van der Waals surface area contributed by atoms with Crippen LogP contribution in [-0.4, -0.2) is 47.8 Å². The lowest BCUT2D eigenvalue weighted by atomic mass is 9.89. The largest absolute Gasteiger partial charge is 0.388 e. The van der Waals surface area contributed by atoms with Gasteiger partial charge in [0.15, 0.2) is 0 Å². The molecule has 23 heavy (non-hydrogen) atoms. The minimum atomic E-state index is -0.867. The summed E-state index contributed by atoms with van der Waals surface area (Å²) in [4.78, 5) is 15.7. The number of thiophene rings is 1. The van der Waals surface area contributed by atoms with Gasteiger partial charge in [0.1, 0.15) is 0 Å². The third-order valence-electron chi connectivity index (χ3n) is 4.88. The van der Waals surface area contributed by atoms with Crippen molar-refractivity contribution in [2.24, 2.45) is 5.92 Å². The third-order valence-corrected chi connectivity index (χ3v) is 5.90. The zero-order valence-corrected chi connectivity index (χ0v) is 15.2. The average Bonchev–Trinajstić information content (AvgIpc) is 3.00. The van der Waals surface area contributed by atoms with Crippen LogP contribution in [0, 0.1) is 5.92 Å². The van der Waals surface area contributed by atoms with Crippen LogP contribution in [0.3, 0.4) is 0 Å². The minimum Gasteiger partial charge on any atom is -0.388 e. The molecule has 0 bridgehead atoms. The van der Waals surface area contributed by atoms with Gasteiger partial charge in [-0.15, -0.1) is 11.3 Å². The molecule has 2 atom stereocenters. The van der Waals surface area contributed by atoms with Gasteiger partial charge in [0, 0.05) is 37.6 Å². The Morgan fingerprint density at radius 2 is 2.30 bits per heavy atom. The highest BCUT2D eigenvalue weighted by Crippen LogP contribution is 2.23. The van der Waals surface area contributed by atoms with Crippen LogP contribution in [0.4, 0.5) is 4.79 Å². The van der Waals surface area contributed by atoms with E-state index in [0.29, 0.717) is 6.54 Å². The predicted octanol–water partition coefficient (Wildman–Crippen LogP) is 2.20. The molecule has 1 aromatic heterocycles. The molecule has 1 aliphatic rings. The summed E-state index contributed by atoms with van der Waals surface area (Å²) in [5.41, 5.74) is 0.559. The molecule has 0 aromatic carbocycles. The molecule has 6 heteroatoms. The average molecular weight is 340 g/mol. The number of aliphatic hydroxyl groups is 1. The van der Waals surface area contributed by atoms with Crippen molar-refractivity contribution in [2.45, 2.75) is 45.8 Å². The van der Waals surface area contributed by atoms with Crippen LogP contribution in [-0.2, 0) is 13.0 Å². The zero-order valence-electron chi connectivity index (χ0n) is 14.4. The molecular formula is C17H29N3O2S. The lowest BCUT2D eigenvalue weighted by Crippen LogP contribution is -2.49. The first-order valence-corrected chi connectivity index (χ1v) is 9.32. The fraction of sp³-hybridized carbons (Fsp3) is 0.706.